The van der Waals surface area contributed by atoms with Gasteiger partial charge in [-0.2, -0.15) is 0 Å². The van der Waals surface area contributed by atoms with Gasteiger partial charge in [-0.25, -0.2) is 0 Å². The number of hydrogen-bond acceptors (Lipinski definition) is 3. The first kappa shape index (κ1) is 15.5. The number of nitrogens with zero attached hydrogens (tertiary/aromatic N) is 2. The fourth-order valence-electron chi connectivity index (χ4n) is 1.94. The van der Waals surface area contributed by atoms with Crippen LogP contribution in [0.2, 0.25) is 0 Å². The average Bonchev–Trinajstić information content (AvgIpc) is 2.38. The highest BCUT2D eigenvalue weighted by atomic mass is 16.2. The van der Waals surface area contributed by atoms with E-state index in [0.717, 1.165) is 44.5 Å². The van der Waals surface area contributed by atoms with E-state index in [4.69, 9.17) is 5.73 Å². The summed E-state index contributed by atoms with van der Waals surface area (Å²) in [5.41, 5.74) is 7.82. The Hall–Kier alpha value is -1.58. The lowest BCUT2D eigenvalue weighted by atomic mass is 10.1. The van der Waals surface area contributed by atoms with Crippen LogP contribution in [0.1, 0.15) is 55.6 Å². The second-order valence-electron chi connectivity index (χ2n) is 4.91. The normalized spacial score (nSPS) is 10.5. The number of aromatic nitrogens is 1. The van der Waals surface area contributed by atoms with Gasteiger partial charge < -0.3 is 10.6 Å². The monoisotopic (exact) mass is 263 g/mol. The summed E-state index contributed by atoms with van der Waals surface area (Å²) in [6.45, 7) is 7.72. The molecule has 0 radical (unpaired) electrons. The zero-order valence-corrected chi connectivity index (χ0v) is 12.3. The van der Waals surface area contributed by atoms with Crippen molar-refractivity contribution in [3.63, 3.8) is 0 Å². The number of aryl methyl sites for hydroxylation is 1. The van der Waals surface area contributed by atoms with E-state index in [0.29, 0.717) is 11.3 Å². The average molecular weight is 263 g/mol. The Morgan fingerprint density at radius 1 is 1.26 bits per heavy atom. The highest BCUT2D eigenvalue weighted by Crippen LogP contribution is 2.15. The summed E-state index contributed by atoms with van der Waals surface area (Å²) in [5, 5.41) is 0. The van der Waals surface area contributed by atoms with Gasteiger partial charge in [-0.05, 0) is 25.8 Å². The van der Waals surface area contributed by atoms with Crippen molar-refractivity contribution in [2.75, 3.05) is 18.8 Å². The molecule has 0 aliphatic heterocycles. The van der Waals surface area contributed by atoms with Crippen molar-refractivity contribution in [1.29, 1.82) is 0 Å². The lowest BCUT2D eigenvalue weighted by Gasteiger charge is -2.23. The Balaban J connectivity index is 2.84. The number of hydrogen-bond donors (Lipinski definition) is 1. The van der Waals surface area contributed by atoms with E-state index in [1.165, 1.54) is 0 Å². The number of rotatable bonds is 7. The van der Waals surface area contributed by atoms with E-state index >= 15 is 0 Å². The molecule has 106 valence electrons. The maximum atomic E-state index is 12.5. The number of carbonyl (C=O) groups is 1. The van der Waals surface area contributed by atoms with Crippen molar-refractivity contribution in [2.24, 2.45) is 0 Å². The summed E-state index contributed by atoms with van der Waals surface area (Å²) in [7, 11) is 0. The number of unbranched alkanes of at least 4 members (excludes halogenated alkanes) is 2. The number of nitrogens with two attached hydrogens (primary N) is 1. The number of anilines is 1. The van der Waals surface area contributed by atoms with Gasteiger partial charge in [-0.15, -0.1) is 0 Å². The van der Waals surface area contributed by atoms with Crippen LogP contribution >= 0.6 is 0 Å². The first-order valence-corrected chi connectivity index (χ1v) is 7.11. The minimum absolute atomic E-state index is 0.00639. The van der Waals surface area contributed by atoms with E-state index in [1.807, 2.05) is 11.8 Å². The minimum Gasteiger partial charge on any atom is -0.398 e. The van der Waals surface area contributed by atoms with Crippen LogP contribution in [0, 0.1) is 6.92 Å². The quantitative estimate of drug-likeness (QED) is 0.822. The van der Waals surface area contributed by atoms with Crippen LogP contribution in [0.3, 0.4) is 0 Å². The predicted octanol–water partition coefficient (Wildman–Crippen LogP) is 3.01. The molecule has 0 saturated heterocycles. The van der Waals surface area contributed by atoms with Crippen LogP contribution in [0.25, 0.3) is 0 Å². The highest BCUT2D eigenvalue weighted by molar-refractivity contribution is 5.98. The number of carbonyl (C=O) groups excluding carboxylic acids is 1. The van der Waals surface area contributed by atoms with Crippen LogP contribution in [-0.4, -0.2) is 28.9 Å². The molecule has 0 aromatic carbocycles. The van der Waals surface area contributed by atoms with Crippen molar-refractivity contribution in [3.8, 4) is 0 Å². The minimum atomic E-state index is 0.00639. The molecule has 1 amide bonds. The van der Waals surface area contributed by atoms with Gasteiger partial charge in [0.1, 0.15) is 0 Å². The summed E-state index contributed by atoms with van der Waals surface area (Å²) < 4.78 is 0. The third kappa shape index (κ3) is 4.54. The Morgan fingerprint density at radius 3 is 2.32 bits per heavy atom. The molecule has 0 unspecified atom stereocenters. The van der Waals surface area contributed by atoms with Crippen molar-refractivity contribution >= 4 is 11.6 Å². The summed E-state index contributed by atoms with van der Waals surface area (Å²) in [4.78, 5) is 18.6. The van der Waals surface area contributed by atoms with E-state index in [-0.39, 0.29) is 5.91 Å². The van der Waals surface area contributed by atoms with E-state index in [1.54, 1.807) is 12.3 Å². The third-order valence-corrected chi connectivity index (χ3v) is 3.15. The molecule has 0 atom stereocenters. The van der Waals surface area contributed by atoms with Gasteiger partial charge in [0.25, 0.3) is 5.91 Å². The predicted molar refractivity (Wildman–Crippen MR) is 79.1 cm³/mol. The molecule has 0 fully saturated rings. The Labute approximate surface area is 116 Å². The van der Waals surface area contributed by atoms with Gasteiger partial charge in [-0.3, -0.25) is 9.78 Å². The summed E-state index contributed by atoms with van der Waals surface area (Å²) in [6.07, 6.45) is 5.80. The fraction of sp³-hybridized carbons (Fsp3) is 0.600. The van der Waals surface area contributed by atoms with Crippen LogP contribution < -0.4 is 5.73 Å². The molecule has 1 heterocycles. The topological polar surface area (TPSA) is 59.2 Å². The standard InChI is InChI=1S/C15H25N3O/c1-4-6-8-18(9-7-5-2)15(19)13-11-17-12(3)10-14(13)16/h10-11H,4-9H2,1-3H3,(H2,16,17). The maximum Gasteiger partial charge on any atom is 0.257 e. The Kier molecular flexibility index (Phi) is 6.33. The van der Waals surface area contributed by atoms with Crippen LogP contribution in [0.4, 0.5) is 5.69 Å². The molecule has 0 saturated carbocycles. The molecule has 1 aromatic heterocycles. The molecular weight excluding hydrogens is 238 g/mol. The number of amides is 1. The lowest BCUT2D eigenvalue weighted by Crippen LogP contribution is -2.33. The second kappa shape index (κ2) is 7.77. The van der Waals surface area contributed by atoms with E-state index in [2.05, 4.69) is 18.8 Å². The van der Waals surface area contributed by atoms with Crippen molar-refractivity contribution in [3.05, 3.63) is 23.5 Å². The van der Waals surface area contributed by atoms with Gasteiger partial charge in [0, 0.05) is 30.7 Å². The van der Waals surface area contributed by atoms with Crippen LogP contribution in [-0.2, 0) is 0 Å². The third-order valence-electron chi connectivity index (χ3n) is 3.15. The molecular formula is C15H25N3O. The first-order chi connectivity index (χ1) is 9.10. The summed E-state index contributed by atoms with van der Waals surface area (Å²) >= 11 is 0. The second-order valence-corrected chi connectivity index (χ2v) is 4.91. The number of nitrogen functional groups attached to an aromatic ring is 1. The maximum absolute atomic E-state index is 12.5. The highest BCUT2D eigenvalue weighted by Gasteiger charge is 2.17. The van der Waals surface area contributed by atoms with E-state index in [9.17, 15) is 4.79 Å². The first-order valence-electron chi connectivity index (χ1n) is 7.11. The summed E-state index contributed by atoms with van der Waals surface area (Å²) in [5.74, 6) is 0.00639. The van der Waals surface area contributed by atoms with Crippen molar-refractivity contribution < 1.29 is 4.79 Å². The van der Waals surface area contributed by atoms with Crippen molar-refractivity contribution in [1.82, 2.24) is 9.88 Å². The molecule has 0 bridgehead atoms. The Morgan fingerprint density at radius 2 is 1.84 bits per heavy atom. The zero-order valence-electron chi connectivity index (χ0n) is 12.3. The van der Waals surface area contributed by atoms with Gasteiger partial charge in [0.15, 0.2) is 0 Å². The largest absolute Gasteiger partial charge is 0.398 e. The SMILES string of the molecule is CCCCN(CCCC)C(=O)c1cnc(C)cc1N. The molecule has 4 nitrogen and oxygen atoms in total. The lowest BCUT2D eigenvalue weighted by molar-refractivity contribution is 0.0751. The molecule has 1 rings (SSSR count). The van der Waals surface area contributed by atoms with Crippen molar-refractivity contribution in [2.45, 2.75) is 46.5 Å². The molecule has 1 aromatic rings. The van der Waals surface area contributed by atoms with Crippen LogP contribution in [0.5, 0.6) is 0 Å². The Bertz CT molecular complexity index is 410. The molecule has 4 heteroatoms. The smallest absolute Gasteiger partial charge is 0.257 e. The molecule has 0 aliphatic rings. The van der Waals surface area contributed by atoms with Gasteiger partial charge in [0.2, 0.25) is 0 Å². The molecule has 0 spiro atoms. The molecule has 0 aliphatic carbocycles. The molecule has 19 heavy (non-hydrogen) atoms. The summed E-state index contributed by atoms with van der Waals surface area (Å²) in [6, 6.07) is 1.76. The van der Waals surface area contributed by atoms with Gasteiger partial charge >= 0.3 is 0 Å². The van der Waals surface area contributed by atoms with E-state index < -0.39 is 0 Å². The van der Waals surface area contributed by atoms with Gasteiger partial charge in [0.05, 0.1) is 5.56 Å². The molecule has 2 N–H and O–H groups in total. The fourth-order valence-corrected chi connectivity index (χ4v) is 1.94. The number of pyridine rings is 1. The van der Waals surface area contributed by atoms with Gasteiger partial charge in [-0.1, -0.05) is 26.7 Å². The van der Waals surface area contributed by atoms with Crippen LogP contribution in [0.15, 0.2) is 12.3 Å². The zero-order chi connectivity index (χ0) is 14.3.